The lowest BCUT2D eigenvalue weighted by molar-refractivity contribution is 0.214. The highest BCUT2D eigenvalue weighted by Gasteiger charge is 2.08. The maximum atomic E-state index is 13.6. The molecular formula is C20H27FN4O2. The van der Waals surface area contributed by atoms with E-state index in [9.17, 15) is 9.18 Å². The molecule has 146 valence electrons. The summed E-state index contributed by atoms with van der Waals surface area (Å²) >= 11 is 0. The van der Waals surface area contributed by atoms with Crippen molar-refractivity contribution >= 4 is 5.96 Å². The fourth-order valence-corrected chi connectivity index (χ4v) is 2.52. The van der Waals surface area contributed by atoms with E-state index in [1.165, 1.54) is 6.07 Å². The van der Waals surface area contributed by atoms with Gasteiger partial charge in [0.15, 0.2) is 17.5 Å². The number of hydrogen-bond acceptors (Lipinski definition) is 3. The molecule has 2 rings (SSSR count). The first-order valence-corrected chi connectivity index (χ1v) is 9.11. The number of para-hydroxylation sites is 1. The second-order valence-electron chi connectivity index (χ2n) is 6.18. The lowest BCUT2D eigenvalue weighted by atomic mass is 10.3. The van der Waals surface area contributed by atoms with Crippen molar-refractivity contribution in [3.63, 3.8) is 0 Å². The van der Waals surface area contributed by atoms with Gasteiger partial charge in [0.25, 0.3) is 0 Å². The Hall–Kier alpha value is -2.83. The first-order chi connectivity index (χ1) is 13.1. The molecule has 1 unspecified atom stereocenters. The largest absolute Gasteiger partial charge is 0.486 e. The molecule has 0 bridgehead atoms. The van der Waals surface area contributed by atoms with Gasteiger partial charge in [-0.25, -0.2) is 4.39 Å². The zero-order valence-corrected chi connectivity index (χ0v) is 15.8. The molecule has 1 atom stereocenters. The molecule has 1 aromatic heterocycles. The molecule has 2 N–H and O–H groups in total. The van der Waals surface area contributed by atoms with E-state index < -0.39 is 0 Å². The van der Waals surface area contributed by atoms with Gasteiger partial charge in [-0.1, -0.05) is 18.2 Å². The highest BCUT2D eigenvalue weighted by molar-refractivity contribution is 5.79. The maximum absolute atomic E-state index is 13.6. The number of aliphatic imine (C=N–C) groups is 1. The number of benzene rings is 1. The summed E-state index contributed by atoms with van der Waals surface area (Å²) in [6, 6.07) is 11.5. The van der Waals surface area contributed by atoms with E-state index in [0.717, 1.165) is 19.4 Å². The molecular weight excluding hydrogens is 347 g/mol. The van der Waals surface area contributed by atoms with Crippen LogP contribution in [0, 0.1) is 5.82 Å². The topological polar surface area (TPSA) is 67.7 Å². The number of guanidine groups is 1. The standard InChI is InChI=1S/C20H27FN4O2/c1-16(27-18-10-4-3-9-17(18)21)15-24-20(22-2)23-12-6-8-14-25-13-7-5-11-19(25)26/h3-5,7,9-11,13,16H,6,8,12,14-15H2,1-2H3,(H2,22,23,24). The molecule has 1 aromatic carbocycles. The Morgan fingerprint density at radius 1 is 1.19 bits per heavy atom. The van der Waals surface area contributed by atoms with Crippen LogP contribution in [0.15, 0.2) is 58.4 Å². The number of unbranched alkanes of at least 4 members (excludes halogenated alkanes) is 1. The molecule has 7 heteroatoms. The zero-order valence-electron chi connectivity index (χ0n) is 15.8. The molecule has 0 radical (unpaired) electrons. The smallest absolute Gasteiger partial charge is 0.250 e. The number of nitrogens with zero attached hydrogens (tertiary/aromatic N) is 2. The number of aromatic nitrogens is 1. The quantitative estimate of drug-likeness (QED) is 0.402. The van der Waals surface area contributed by atoms with Gasteiger partial charge in [0.1, 0.15) is 6.10 Å². The summed E-state index contributed by atoms with van der Waals surface area (Å²) in [7, 11) is 1.70. The van der Waals surface area contributed by atoms with Crippen molar-refractivity contribution in [2.45, 2.75) is 32.4 Å². The summed E-state index contributed by atoms with van der Waals surface area (Å²) < 4.78 is 20.9. The van der Waals surface area contributed by atoms with E-state index in [2.05, 4.69) is 15.6 Å². The zero-order chi connectivity index (χ0) is 19.5. The Bertz CT molecular complexity index is 791. The van der Waals surface area contributed by atoms with Gasteiger partial charge in [-0.05, 0) is 38.0 Å². The Morgan fingerprint density at radius 2 is 1.96 bits per heavy atom. The van der Waals surface area contributed by atoms with E-state index in [-0.39, 0.29) is 23.2 Å². The van der Waals surface area contributed by atoms with Gasteiger partial charge in [-0.2, -0.15) is 0 Å². The van der Waals surface area contributed by atoms with E-state index in [0.29, 0.717) is 19.0 Å². The van der Waals surface area contributed by atoms with Crippen LogP contribution in [-0.2, 0) is 6.54 Å². The summed E-state index contributed by atoms with van der Waals surface area (Å²) in [5, 5.41) is 6.39. The number of hydrogen-bond donors (Lipinski definition) is 2. The van der Waals surface area contributed by atoms with Crippen LogP contribution in [0.5, 0.6) is 5.75 Å². The summed E-state index contributed by atoms with van der Waals surface area (Å²) in [6.45, 7) is 3.79. The first kappa shape index (κ1) is 20.5. The minimum Gasteiger partial charge on any atom is -0.486 e. The number of aryl methyl sites for hydroxylation is 1. The van der Waals surface area contributed by atoms with Crippen LogP contribution >= 0.6 is 0 Å². The lowest BCUT2D eigenvalue weighted by Crippen LogP contribution is -2.42. The second kappa shape index (κ2) is 11.0. The van der Waals surface area contributed by atoms with Crippen LogP contribution in [0.25, 0.3) is 0 Å². The van der Waals surface area contributed by atoms with Gasteiger partial charge in [0.05, 0.1) is 6.54 Å². The number of nitrogens with one attached hydrogen (secondary N) is 2. The molecule has 1 heterocycles. The predicted octanol–water partition coefficient (Wildman–Crippen LogP) is 2.40. The second-order valence-corrected chi connectivity index (χ2v) is 6.18. The number of ether oxygens (including phenoxy) is 1. The number of pyridine rings is 1. The van der Waals surface area contributed by atoms with Crippen LogP contribution in [0.4, 0.5) is 4.39 Å². The van der Waals surface area contributed by atoms with Crippen LogP contribution < -0.4 is 20.9 Å². The summed E-state index contributed by atoms with van der Waals surface area (Å²) in [6.07, 6.45) is 3.38. The van der Waals surface area contributed by atoms with Crippen molar-refractivity contribution < 1.29 is 9.13 Å². The molecule has 0 aliphatic heterocycles. The van der Waals surface area contributed by atoms with Crippen LogP contribution in [0.2, 0.25) is 0 Å². The van der Waals surface area contributed by atoms with E-state index in [1.54, 1.807) is 48.1 Å². The third-order valence-electron chi connectivity index (χ3n) is 3.96. The SMILES string of the molecule is CN=C(NCCCCn1ccccc1=O)NCC(C)Oc1ccccc1F. The van der Waals surface area contributed by atoms with Gasteiger partial charge in [0, 0.05) is 32.4 Å². The molecule has 2 aromatic rings. The van der Waals surface area contributed by atoms with Crippen molar-refractivity contribution in [3.8, 4) is 5.75 Å². The van der Waals surface area contributed by atoms with Crippen molar-refractivity contribution in [1.29, 1.82) is 0 Å². The van der Waals surface area contributed by atoms with Gasteiger partial charge in [0.2, 0.25) is 5.56 Å². The third kappa shape index (κ3) is 7.13. The van der Waals surface area contributed by atoms with Crippen molar-refractivity contribution in [1.82, 2.24) is 15.2 Å². The van der Waals surface area contributed by atoms with Crippen LogP contribution in [0.3, 0.4) is 0 Å². The Labute approximate surface area is 159 Å². The molecule has 27 heavy (non-hydrogen) atoms. The molecule has 6 nitrogen and oxygen atoms in total. The van der Waals surface area contributed by atoms with E-state index >= 15 is 0 Å². The minimum atomic E-state index is -0.371. The van der Waals surface area contributed by atoms with Gasteiger partial charge in [-0.15, -0.1) is 0 Å². The molecule has 0 spiro atoms. The number of halogens is 1. The summed E-state index contributed by atoms with van der Waals surface area (Å²) in [5.74, 6) is 0.533. The molecule has 0 saturated carbocycles. The van der Waals surface area contributed by atoms with Crippen LogP contribution in [-0.4, -0.2) is 36.8 Å². The molecule has 0 fully saturated rings. The lowest BCUT2D eigenvalue weighted by Gasteiger charge is -2.18. The van der Waals surface area contributed by atoms with Crippen molar-refractivity contribution in [2.75, 3.05) is 20.1 Å². The van der Waals surface area contributed by atoms with Crippen molar-refractivity contribution in [2.24, 2.45) is 4.99 Å². The fourth-order valence-electron chi connectivity index (χ4n) is 2.52. The van der Waals surface area contributed by atoms with Crippen LogP contribution in [0.1, 0.15) is 19.8 Å². The minimum absolute atomic E-state index is 0.0202. The highest BCUT2D eigenvalue weighted by Crippen LogP contribution is 2.16. The maximum Gasteiger partial charge on any atom is 0.250 e. The number of rotatable bonds is 9. The third-order valence-corrected chi connectivity index (χ3v) is 3.96. The van der Waals surface area contributed by atoms with Gasteiger partial charge in [-0.3, -0.25) is 9.79 Å². The monoisotopic (exact) mass is 374 g/mol. The Morgan fingerprint density at radius 3 is 2.70 bits per heavy atom. The molecule has 0 aliphatic rings. The average Bonchev–Trinajstić information content (AvgIpc) is 2.67. The van der Waals surface area contributed by atoms with Gasteiger partial charge < -0.3 is 19.9 Å². The van der Waals surface area contributed by atoms with Gasteiger partial charge >= 0.3 is 0 Å². The average molecular weight is 374 g/mol. The highest BCUT2D eigenvalue weighted by atomic mass is 19.1. The Kier molecular flexibility index (Phi) is 8.35. The van der Waals surface area contributed by atoms with E-state index in [4.69, 9.17) is 4.74 Å². The molecule has 0 aliphatic carbocycles. The molecule has 0 saturated heterocycles. The summed E-state index contributed by atoms with van der Waals surface area (Å²) in [5.41, 5.74) is 0.0202. The molecule has 0 amide bonds. The first-order valence-electron chi connectivity index (χ1n) is 9.11. The normalized spacial score (nSPS) is 12.5. The van der Waals surface area contributed by atoms with E-state index in [1.807, 2.05) is 13.0 Å². The van der Waals surface area contributed by atoms with Crippen molar-refractivity contribution in [3.05, 3.63) is 64.8 Å². The predicted molar refractivity (Wildman–Crippen MR) is 106 cm³/mol. The fraction of sp³-hybridized carbons (Fsp3) is 0.400. The summed E-state index contributed by atoms with van der Waals surface area (Å²) in [4.78, 5) is 15.8. The Balaban J connectivity index is 1.64.